The second-order valence-electron chi connectivity index (χ2n) is 25.4. The van der Waals surface area contributed by atoms with E-state index in [1.807, 2.05) is 24.4 Å². The van der Waals surface area contributed by atoms with Crippen LogP contribution in [0.15, 0.2) is 174 Å². The summed E-state index contributed by atoms with van der Waals surface area (Å²) in [6, 6.07) is 63.3. The third-order valence-electron chi connectivity index (χ3n) is 15.8. The molecule has 3 aromatic heterocycles. The van der Waals surface area contributed by atoms with Crippen LogP contribution in [0.3, 0.4) is 0 Å². The standard InChI is InChI=1S/C58H57N2OSi2.C15H18NSi.Ir/c1-35(2)49-31-43(39-24-22-38(23-25-39)42-28-44(62(6,7)8)33-45(29-42)63(9,10)11)32-50(36(3)4)56(49)60-55-37(5)16-14-21-53(55)59-58(60)48-20-15-19-47-52-30-41-27-26-40-17-12-13-18-46(40)51(41)34-54(52)61-57(47)48;1-12-5-7-13(8-6-12)15-10-9-14(11-16-15)17(2,3)4;/h12-19,21-36H,1-11H3;5-7,9-11H,1-4H3;/q2*-1;/i5D3;1D3;. The number of hydrogen-bond acceptors (Lipinski definition) is 3. The van der Waals surface area contributed by atoms with Crippen LogP contribution >= 0.6 is 0 Å². The molecule has 12 rings (SSSR count). The van der Waals surface area contributed by atoms with E-state index in [4.69, 9.17) is 17.6 Å². The van der Waals surface area contributed by atoms with E-state index in [1.54, 1.807) is 24.3 Å². The van der Waals surface area contributed by atoms with E-state index in [9.17, 15) is 0 Å². The van der Waals surface area contributed by atoms with Crippen LogP contribution in [0.25, 0.3) is 105 Å². The van der Waals surface area contributed by atoms with Crippen LogP contribution < -0.4 is 15.6 Å². The van der Waals surface area contributed by atoms with Crippen LogP contribution in [0.5, 0.6) is 0 Å². The summed E-state index contributed by atoms with van der Waals surface area (Å²) in [5.74, 6) is 0.763. The first-order valence-corrected chi connectivity index (χ1v) is 38.6. The smallest absolute Gasteiger partial charge is 0.121 e. The Bertz CT molecular complexity index is 4430. The number of fused-ring (bicyclic) bond motifs is 7. The zero-order valence-corrected chi connectivity index (χ0v) is 54.3. The SMILES string of the molecule is [2H]C([2H])([2H])c1c[c-]c(-c2ccc([Si](C)(C)C)cn2)cc1.[2H]C([2H])([2H])c1cccc2nc(-c3[c-]ccc4c3oc3cc5c(ccc6ccccc65)cc34)n(-c3c(C(C)C)cc(-c4ccc(-c5cc([Si](C)(C)C)cc([Si](C)(C)C)c5)cc4)cc3C(C)C)c12.[Ir]. The second kappa shape index (κ2) is 22.2. The van der Waals surface area contributed by atoms with E-state index in [-0.39, 0.29) is 37.5 Å². The monoisotopic (exact) mass is 1290 g/mol. The quantitative estimate of drug-likeness (QED) is 0.0779. The molecule has 411 valence electrons. The van der Waals surface area contributed by atoms with Crippen LogP contribution in [0.2, 0.25) is 58.9 Å². The maximum Gasteiger partial charge on any atom is 0.121 e. The van der Waals surface area contributed by atoms with Gasteiger partial charge in [0.05, 0.1) is 46.7 Å². The Balaban J connectivity index is 0.000000339. The molecule has 0 saturated carbocycles. The first kappa shape index (κ1) is 50.0. The number of aryl methyl sites for hydroxylation is 2. The first-order chi connectivity index (χ1) is 40.4. The van der Waals surface area contributed by atoms with Gasteiger partial charge in [-0.25, -0.2) is 0 Å². The first-order valence-electron chi connectivity index (χ1n) is 31.1. The van der Waals surface area contributed by atoms with Gasteiger partial charge < -0.3 is 14.0 Å². The molecule has 0 fully saturated rings. The zero-order chi connectivity index (χ0) is 61.6. The summed E-state index contributed by atoms with van der Waals surface area (Å²) in [5.41, 5.74) is 13.5. The van der Waals surface area contributed by atoms with Crippen molar-refractivity contribution in [2.45, 2.75) is 112 Å². The van der Waals surface area contributed by atoms with E-state index >= 15 is 0 Å². The van der Waals surface area contributed by atoms with Crippen LogP contribution in [0.1, 0.15) is 70.0 Å². The van der Waals surface area contributed by atoms with Crippen molar-refractivity contribution in [3.8, 4) is 50.6 Å². The molecule has 0 saturated heterocycles. The Labute approximate surface area is 505 Å². The fourth-order valence-corrected chi connectivity index (χ4v) is 14.5. The summed E-state index contributed by atoms with van der Waals surface area (Å²) >= 11 is 0. The van der Waals surface area contributed by atoms with Gasteiger partial charge >= 0.3 is 0 Å². The third kappa shape index (κ3) is 11.3. The number of nitrogens with zero attached hydrogens (tertiary/aromatic N) is 3. The number of aromatic nitrogens is 3. The molecule has 0 atom stereocenters. The maximum atomic E-state index is 8.82. The van der Waals surface area contributed by atoms with Crippen molar-refractivity contribution in [1.29, 1.82) is 0 Å². The molecule has 0 aliphatic rings. The van der Waals surface area contributed by atoms with E-state index in [0.29, 0.717) is 33.6 Å². The van der Waals surface area contributed by atoms with Gasteiger partial charge in [-0.15, -0.1) is 53.6 Å². The predicted molar refractivity (Wildman–Crippen MR) is 354 cm³/mol. The van der Waals surface area contributed by atoms with Gasteiger partial charge in [0.15, 0.2) is 0 Å². The zero-order valence-electron chi connectivity index (χ0n) is 54.9. The number of pyridine rings is 1. The molecule has 12 aromatic rings. The molecule has 0 unspecified atom stereocenters. The van der Waals surface area contributed by atoms with Crippen molar-refractivity contribution in [2.75, 3.05) is 0 Å². The minimum Gasteiger partial charge on any atom is -0.501 e. The molecule has 9 aromatic carbocycles. The molecule has 4 nitrogen and oxygen atoms in total. The van der Waals surface area contributed by atoms with Crippen molar-refractivity contribution < 1.29 is 32.7 Å². The largest absolute Gasteiger partial charge is 0.501 e. The van der Waals surface area contributed by atoms with Crippen LogP contribution in [0, 0.1) is 25.8 Å². The topological polar surface area (TPSA) is 43.9 Å². The van der Waals surface area contributed by atoms with Crippen molar-refractivity contribution in [1.82, 2.24) is 14.5 Å². The number of rotatable bonds is 10. The molecular formula is C73H75IrN3OSi3-2. The molecule has 0 spiro atoms. The molecule has 81 heavy (non-hydrogen) atoms. The Hall–Kier alpha value is -6.78. The summed E-state index contributed by atoms with van der Waals surface area (Å²) < 4.78 is 57.5. The number of hydrogen-bond donors (Lipinski definition) is 0. The summed E-state index contributed by atoms with van der Waals surface area (Å²) in [5, 5.41) is 10.9. The minimum absolute atomic E-state index is 0. The average molecular weight is 1290 g/mol. The van der Waals surface area contributed by atoms with Crippen LogP contribution in [-0.4, -0.2) is 38.8 Å². The van der Waals surface area contributed by atoms with E-state index in [2.05, 4.69) is 224 Å². The van der Waals surface area contributed by atoms with E-state index in [1.165, 1.54) is 43.5 Å². The third-order valence-corrected chi connectivity index (χ3v) is 21.8. The maximum absolute atomic E-state index is 8.82. The van der Waals surface area contributed by atoms with Gasteiger partial charge in [-0.2, -0.15) is 0 Å². The molecule has 0 bridgehead atoms. The minimum atomic E-state index is -2.39. The summed E-state index contributed by atoms with van der Waals surface area (Å²) in [4.78, 5) is 9.81. The van der Waals surface area contributed by atoms with Gasteiger partial charge in [0.1, 0.15) is 5.58 Å². The fourth-order valence-electron chi connectivity index (χ4n) is 11.0. The van der Waals surface area contributed by atoms with Gasteiger partial charge in [0.2, 0.25) is 0 Å². The predicted octanol–water partition coefficient (Wildman–Crippen LogP) is 19.1. The molecule has 8 heteroatoms. The second-order valence-corrected chi connectivity index (χ2v) is 40.6. The van der Waals surface area contributed by atoms with Gasteiger partial charge in [0.25, 0.3) is 0 Å². The van der Waals surface area contributed by atoms with Gasteiger partial charge in [-0.05, 0) is 120 Å². The molecule has 1 radical (unpaired) electrons. The van der Waals surface area contributed by atoms with Crippen LogP contribution in [-0.2, 0) is 20.1 Å². The summed E-state index contributed by atoms with van der Waals surface area (Å²) in [6.07, 6.45) is 1.92. The van der Waals surface area contributed by atoms with E-state index in [0.717, 1.165) is 66.3 Å². The number of benzene rings is 9. The molecular weight excluding hydrogens is 1210 g/mol. The van der Waals surface area contributed by atoms with Gasteiger partial charge in [-0.1, -0.05) is 218 Å². The molecule has 0 aliphatic heterocycles. The molecule has 3 heterocycles. The fraction of sp³-hybridized carbons (Fsp3) is 0.233. The molecule has 0 N–H and O–H groups in total. The summed E-state index contributed by atoms with van der Waals surface area (Å²) in [6.45, 7) is 25.9. The van der Waals surface area contributed by atoms with Gasteiger partial charge in [-0.3, -0.25) is 4.98 Å². The van der Waals surface area contributed by atoms with Crippen molar-refractivity contribution >= 4 is 94.3 Å². The van der Waals surface area contributed by atoms with Gasteiger partial charge in [0, 0.05) is 45.6 Å². The molecule has 0 aliphatic carbocycles. The normalized spacial score (nSPS) is 13.7. The van der Waals surface area contributed by atoms with Crippen LogP contribution in [0.4, 0.5) is 0 Å². The number of imidazole rings is 1. The Morgan fingerprint density at radius 3 is 1.79 bits per heavy atom. The Morgan fingerprint density at radius 1 is 0.543 bits per heavy atom. The van der Waals surface area contributed by atoms with E-state index < -0.39 is 37.9 Å². The average Bonchev–Trinajstić information content (AvgIpc) is 1.68. The van der Waals surface area contributed by atoms with Crippen molar-refractivity contribution in [3.05, 3.63) is 204 Å². The number of furan rings is 1. The van der Waals surface area contributed by atoms with Crippen molar-refractivity contribution in [2.24, 2.45) is 0 Å². The number of para-hydroxylation sites is 1. The molecule has 0 amide bonds. The Morgan fingerprint density at radius 2 is 1.20 bits per heavy atom. The van der Waals surface area contributed by atoms with Crippen molar-refractivity contribution in [3.63, 3.8) is 0 Å². The summed E-state index contributed by atoms with van der Waals surface area (Å²) in [7, 11) is -4.45. The Kier molecular flexibility index (Phi) is 13.7.